The summed E-state index contributed by atoms with van der Waals surface area (Å²) in [6.45, 7) is 7.64. The largest absolute Gasteiger partial charge is 0.314 e. The molecule has 1 aliphatic rings. The van der Waals surface area contributed by atoms with E-state index in [0.717, 1.165) is 38.2 Å². The quantitative estimate of drug-likeness (QED) is 0.511. The van der Waals surface area contributed by atoms with Gasteiger partial charge in [0.15, 0.2) is 0 Å². The molecule has 0 unspecified atom stereocenters. The maximum absolute atomic E-state index is 10.9. The Hall–Kier alpha value is -1.14. The lowest BCUT2D eigenvalue weighted by Gasteiger charge is -2.34. The van der Waals surface area contributed by atoms with Crippen LogP contribution in [0.3, 0.4) is 0 Å². The van der Waals surface area contributed by atoms with Crippen molar-refractivity contribution < 1.29 is 4.92 Å². The molecule has 0 bridgehead atoms. The predicted octanol–water partition coefficient (Wildman–Crippen LogP) is 2.96. The molecular formula is C14H21Cl2N3O2. The SMILES string of the molecule is C=CC[C@@H](c1cccc([N+](=O)[O-])c1)N1CCNCC1.Cl.Cl. The number of hydrogen-bond donors (Lipinski definition) is 1. The molecule has 1 aliphatic heterocycles. The monoisotopic (exact) mass is 333 g/mol. The van der Waals surface area contributed by atoms with Crippen LogP contribution in [0.5, 0.6) is 0 Å². The summed E-state index contributed by atoms with van der Waals surface area (Å²) in [7, 11) is 0. The van der Waals surface area contributed by atoms with Gasteiger partial charge in [-0.05, 0) is 12.0 Å². The third kappa shape index (κ3) is 5.28. The highest BCUT2D eigenvalue weighted by Crippen LogP contribution is 2.27. The van der Waals surface area contributed by atoms with E-state index in [2.05, 4.69) is 16.8 Å². The van der Waals surface area contributed by atoms with E-state index in [1.54, 1.807) is 12.1 Å². The topological polar surface area (TPSA) is 58.4 Å². The first-order valence-electron chi connectivity index (χ1n) is 6.52. The first kappa shape index (κ1) is 19.9. The van der Waals surface area contributed by atoms with E-state index in [9.17, 15) is 10.1 Å². The van der Waals surface area contributed by atoms with E-state index >= 15 is 0 Å². The van der Waals surface area contributed by atoms with Crippen LogP contribution in [0.25, 0.3) is 0 Å². The van der Waals surface area contributed by atoms with E-state index in [1.807, 2.05) is 12.1 Å². The van der Waals surface area contributed by atoms with E-state index in [0.29, 0.717) is 0 Å². The maximum Gasteiger partial charge on any atom is 0.269 e. The summed E-state index contributed by atoms with van der Waals surface area (Å²) in [5.74, 6) is 0. The molecule has 1 aromatic carbocycles. The van der Waals surface area contributed by atoms with Crippen molar-refractivity contribution in [2.24, 2.45) is 0 Å². The van der Waals surface area contributed by atoms with Crippen LogP contribution in [0, 0.1) is 10.1 Å². The average molecular weight is 334 g/mol. The molecule has 0 spiro atoms. The van der Waals surface area contributed by atoms with Crippen molar-refractivity contribution >= 4 is 30.5 Å². The Morgan fingerprint density at radius 3 is 2.62 bits per heavy atom. The van der Waals surface area contributed by atoms with Crippen molar-refractivity contribution in [1.29, 1.82) is 0 Å². The number of nitrogens with one attached hydrogen (secondary N) is 1. The van der Waals surface area contributed by atoms with Gasteiger partial charge in [-0.15, -0.1) is 31.4 Å². The molecule has 1 heterocycles. The summed E-state index contributed by atoms with van der Waals surface area (Å²) in [5.41, 5.74) is 1.15. The van der Waals surface area contributed by atoms with Crippen LogP contribution < -0.4 is 5.32 Å². The summed E-state index contributed by atoms with van der Waals surface area (Å²) in [5, 5.41) is 14.2. The van der Waals surface area contributed by atoms with E-state index < -0.39 is 0 Å². The lowest BCUT2D eigenvalue weighted by atomic mass is 10.0. The van der Waals surface area contributed by atoms with Crippen molar-refractivity contribution in [2.75, 3.05) is 26.2 Å². The Bertz CT molecular complexity index is 465. The molecule has 0 saturated carbocycles. The van der Waals surface area contributed by atoms with Crippen LogP contribution in [0.4, 0.5) is 5.69 Å². The fourth-order valence-electron chi connectivity index (χ4n) is 2.49. The second kappa shape index (κ2) is 9.73. The van der Waals surface area contributed by atoms with Crippen LogP contribution in [-0.2, 0) is 0 Å². The molecule has 0 aliphatic carbocycles. The molecule has 1 fully saturated rings. The molecule has 2 rings (SSSR count). The fourth-order valence-corrected chi connectivity index (χ4v) is 2.49. The van der Waals surface area contributed by atoms with Crippen LogP contribution in [0.15, 0.2) is 36.9 Å². The van der Waals surface area contributed by atoms with Crippen molar-refractivity contribution in [3.63, 3.8) is 0 Å². The first-order valence-corrected chi connectivity index (χ1v) is 6.52. The Morgan fingerprint density at radius 1 is 1.38 bits per heavy atom. The van der Waals surface area contributed by atoms with Gasteiger partial charge in [-0.1, -0.05) is 18.2 Å². The summed E-state index contributed by atoms with van der Waals surface area (Å²) in [6.07, 6.45) is 2.69. The third-order valence-electron chi connectivity index (χ3n) is 3.45. The molecular weight excluding hydrogens is 313 g/mol. The number of rotatable bonds is 5. The molecule has 5 nitrogen and oxygen atoms in total. The van der Waals surface area contributed by atoms with Gasteiger partial charge in [-0.25, -0.2) is 0 Å². The van der Waals surface area contributed by atoms with Crippen LogP contribution in [-0.4, -0.2) is 36.0 Å². The smallest absolute Gasteiger partial charge is 0.269 e. The van der Waals surface area contributed by atoms with Gasteiger partial charge in [0.1, 0.15) is 0 Å². The highest BCUT2D eigenvalue weighted by Gasteiger charge is 2.22. The van der Waals surface area contributed by atoms with E-state index in [1.165, 1.54) is 6.07 Å². The minimum atomic E-state index is -0.341. The van der Waals surface area contributed by atoms with Gasteiger partial charge >= 0.3 is 0 Å². The summed E-state index contributed by atoms with van der Waals surface area (Å²) >= 11 is 0. The van der Waals surface area contributed by atoms with Crippen molar-refractivity contribution in [3.05, 3.63) is 52.6 Å². The van der Waals surface area contributed by atoms with Gasteiger partial charge in [0.25, 0.3) is 5.69 Å². The molecule has 7 heteroatoms. The number of benzene rings is 1. The predicted molar refractivity (Wildman–Crippen MR) is 89.6 cm³/mol. The second-order valence-electron chi connectivity index (χ2n) is 4.68. The van der Waals surface area contributed by atoms with Gasteiger partial charge in [0, 0.05) is 44.4 Å². The standard InChI is InChI=1S/C14H19N3O2.2ClH/c1-2-4-14(16-9-7-15-8-10-16)12-5-3-6-13(11-12)17(18)19;;/h2-3,5-6,11,14-15H,1,4,7-10H2;2*1H/t14-;;/m0../s1. The highest BCUT2D eigenvalue weighted by atomic mass is 35.5. The molecule has 1 N–H and O–H groups in total. The fraction of sp³-hybridized carbons (Fsp3) is 0.429. The summed E-state index contributed by atoms with van der Waals surface area (Å²) in [6, 6.07) is 7.11. The lowest BCUT2D eigenvalue weighted by Crippen LogP contribution is -2.45. The van der Waals surface area contributed by atoms with Gasteiger partial charge < -0.3 is 5.32 Å². The van der Waals surface area contributed by atoms with Crippen molar-refractivity contribution in [1.82, 2.24) is 10.2 Å². The molecule has 1 saturated heterocycles. The Kier molecular flexibility index (Phi) is 9.21. The molecule has 118 valence electrons. The van der Waals surface area contributed by atoms with Gasteiger partial charge in [-0.2, -0.15) is 0 Å². The summed E-state index contributed by atoms with van der Waals surface area (Å²) < 4.78 is 0. The minimum absolute atomic E-state index is 0. The van der Waals surface area contributed by atoms with E-state index in [4.69, 9.17) is 0 Å². The zero-order chi connectivity index (χ0) is 13.7. The normalized spacial score (nSPS) is 16.2. The number of nitro benzene ring substituents is 1. The maximum atomic E-state index is 10.9. The van der Waals surface area contributed by atoms with Gasteiger partial charge in [-0.3, -0.25) is 15.0 Å². The Labute approximate surface area is 137 Å². The molecule has 0 amide bonds. The first-order chi connectivity index (χ1) is 9.22. The van der Waals surface area contributed by atoms with Crippen LogP contribution in [0.2, 0.25) is 0 Å². The van der Waals surface area contributed by atoms with Gasteiger partial charge in [0.2, 0.25) is 0 Å². The zero-order valence-electron chi connectivity index (χ0n) is 11.7. The lowest BCUT2D eigenvalue weighted by molar-refractivity contribution is -0.385. The molecule has 21 heavy (non-hydrogen) atoms. The number of piperazine rings is 1. The molecule has 0 radical (unpaired) electrons. The zero-order valence-corrected chi connectivity index (χ0v) is 13.4. The Balaban J connectivity index is 0.00000200. The van der Waals surface area contributed by atoms with Crippen LogP contribution in [0.1, 0.15) is 18.0 Å². The number of nitro groups is 1. The van der Waals surface area contributed by atoms with E-state index in [-0.39, 0.29) is 41.5 Å². The molecule has 1 atom stereocenters. The average Bonchev–Trinajstić information content (AvgIpc) is 2.46. The number of halogens is 2. The number of non-ortho nitro benzene ring substituents is 1. The highest BCUT2D eigenvalue weighted by molar-refractivity contribution is 5.85. The Morgan fingerprint density at radius 2 is 2.05 bits per heavy atom. The minimum Gasteiger partial charge on any atom is -0.314 e. The van der Waals surface area contributed by atoms with Crippen molar-refractivity contribution in [3.8, 4) is 0 Å². The molecule has 0 aromatic heterocycles. The number of nitrogens with zero attached hydrogens (tertiary/aromatic N) is 2. The summed E-state index contributed by atoms with van der Waals surface area (Å²) in [4.78, 5) is 12.9. The third-order valence-corrected chi connectivity index (χ3v) is 3.45. The van der Waals surface area contributed by atoms with Crippen molar-refractivity contribution in [2.45, 2.75) is 12.5 Å². The van der Waals surface area contributed by atoms with Crippen LogP contribution >= 0.6 is 24.8 Å². The number of hydrogen-bond acceptors (Lipinski definition) is 4. The second-order valence-corrected chi connectivity index (χ2v) is 4.68. The van der Waals surface area contributed by atoms with Gasteiger partial charge in [0.05, 0.1) is 4.92 Å². The molecule has 1 aromatic rings.